The van der Waals surface area contributed by atoms with Gasteiger partial charge in [0.25, 0.3) is 0 Å². The highest BCUT2D eigenvalue weighted by Crippen LogP contribution is 2.37. The van der Waals surface area contributed by atoms with Gasteiger partial charge in [0.2, 0.25) is 5.95 Å². The van der Waals surface area contributed by atoms with Crippen LogP contribution in [0.4, 0.5) is 17.3 Å². The van der Waals surface area contributed by atoms with Crippen molar-refractivity contribution in [3.05, 3.63) is 54.6 Å². The number of imidazole rings is 1. The lowest BCUT2D eigenvalue weighted by atomic mass is 9.90. The molecular weight excluding hydrogens is 426 g/mol. The summed E-state index contributed by atoms with van der Waals surface area (Å²) >= 11 is 0. The number of hydrogen-bond donors (Lipinski definition) is 4. The largest absolute Gasteiger partial charge is 0.513 e. The molecular formula is C27H41N5O2. The number of nitrogens with two attached hydrogens (primary N) is 1. The average molecular weight is 468 g/mol. The number of aromatic amines is 1. The third-order valence-electron chi connectivity index (χ3n) is 6.29. The first-order chi connectivity index (χ1) is 16.3. The third-order valence-corrected chi connectivity index (χ3v) is 6.29. The molecule has 34 heavy (non-hydrogen) atoms. The Morgan fingerprint density at radius 2 is 2.06 bits per heavy atom. The van der Waals surface area contributed by atoms with Gasteiger partial charge in [0.1, 0.15) is 0 Å². The van der Waals surface area contributed by atoms with Gasteiger partial charge in [0.15, 0.2) is 0 Å². The number of rotatable bonds is 12. The van der Waals surface area contributed by atoms with Gasteiger partial charge in [-0.1, -0.05) is 46.4 Å². The minimum absolute atomic E-state index is 0.203. The number of H-pyrrole nitrogens is 1. The molecule has 5 N–H and O–H groups in total. The Labute approximate surface area is 204 Å². The van der Waals surface area contributed by atoms with E-state index in [2.05, 4.69) is 72.3 Å². The normalized spacial score (nSPS) is 15.3. The van der Waals surface area contributed by atoms with Crippen LogP contribution in [0.2, 0.25) is 0 Å². The Hall–Kier alpha value is -2.93. The molecule has 1 fully saturated rings. The Balaban J connectivity index is 2.04. The van der Waals surface area contributed by atoms with Gasteiger partial charge in [-0.05, 0) is 48.8 Å². The Kier molecular flexibility index (Phi) is 9.05. The van der Waals surface area contributed by atoms with Crippen LogP contribution in [0.15, 0.2) is 43.3 Å². The number of aromatic nitrogens is 2. The number of hydrogen-bond acceptors (Lipinski definition) is 6. The summed E-state index contributed by atoms with van der Waals surface area (Å²) in [5, 5.41) is 13.4. The number of aliphatic hydroxyl groups is 1. The maximum atomic E-state index is 9.92. The molecule has 0 saturated carbocycles. The number of benzene rings is 1. The zero-order valence-electron chi connectivity index (χ0n) is 20.9. The summed E-state index contributed by atoms with van der Waals surface area (Å²) < 4.78 is 5.65. The lowest BCUT2D eigenvalue weighted by Crippen LogP contribution is -2.42. The third kappa shape index (κ3) is 6.79. The van der Waals surface area contributed by atoms with Crippen LogP contribution in [0, 0.1) is 5.92 Å². The molecule has 0 radical (unpaired) electrons. The number of nitrogens with one attached hydrogen (secondary N) is 2. The smallest absolute Gasteiger partial charge is 0.205 e. The summed E-state index contributed by atoms with van der Waals surface area (Å²) in [4.78, 5) is 10.2. The number of anilines is 3. The van der Waals surface area contributed by atoms with Gasteiger partial charge in [0, 0.05) is 37.9 Å². The summed E-state index contributed by atoms with van der Waals surface area (Å²) in [6.07, 6.45) is 6.27. The van der Waals surface area contributed by atoms with Gasteiger partial charge in [-0.2, -0.15) is 0 Å². The molecule has 2 heterocycles. The number of ether oxygens (including phenoxy) is 1. The van der Waals surface area contributed by atoms with Crippen molar-refractivity contribution in [1.29, 1.82) is 0 Å². The summed E-state index contributed by atoms with van der Waals surface area (Å²) in [6, 6.07) is 7.03. The predicted octanol–water partition coefficient (Wildman–Crippen LogP) is 6.07. The number of aliphatic hydroxyl groups excluding tert-OH is 1. The predicted molar refractivity (Wildman–Crippen MR) is 142 cm³/mol. The quantitative estimate of drug-likeness (QED) is 0.283. The molecule has 1 aromatic heterocycles. The monoisotopic (exact) mass is 467 g/mol. The Bertz CT molecular complexity index is 962. The molecule has 7 heteroatoms. The zero-order chi connectivity index (χ0) is 24.7. The molecule has 0 aliphatic carbocycles. The van der Waals surface area contributed by atoms with Crippen LogP contribution >= 0.6 is 0 Å². The molecule has 1 aliphatic heterocycles. The van der Waals surface area contributed by atoms with E-state index in [0.29, 0.717) is 35.7 Å². The first kappa shape index (κ1) is 25.7. The van der Waals surface area contributed by atoms with Crippen LogP contribution in [0.25, 0.3) is 5.70 Å². The molecule has 0 unspecified atom stereocenters. The molecule has 1 atom stereocenters. The van der Waals surface area contributed by atoms with E-state index in [-0.39, 0.29) is 11.7 Å². The van der Waals surface area contributed by atoms with E-state index < -0.39 is 0 Å². The van der Waals surface area contributed by atoms with Crippen molar-refractivity contribution in [2.75, 3.05) is 30.0 Å². The van der Waals surface area contributed by atoms with Crippen LogP contribution in [0.1, 0.15) is 70.1 Å². The first-order valence-corrected chi connectivity index (χ1v) is 12.4. The van der Waals surface area contributed by atoms with Crippen molar-refractivity contribution in [1.82, 2.24) is 9.97 Å². The highest BCUT2D eigenvalue weighted by atomic mass is 16.5. The maximum absolute atomic E-state index is 9.92. The van der Waals surface area contributed by atoms with E-state index in [0.717, 1.165) is 56.8 Å². The molecule has 1 aliphatic rings. The molecule has 1 aromatic carbocycles. The van der Waals surface area contributed by atoms with Gasteiger partial charge >= 0.3 is 0 Å². The first-order valence-electron chi connectivity index (χ1n) is 12.4. The van der Waals surface area contributed by atoms with Crippen LogP contribution in [-0.4, -0.2) is 40.9 Å². The molecule has 0 amide bonds. The van der Waals surface area contributed by atoms with E-state index in [4.69, 9.17) is 10.5 Å². The van der Waals surface area contributed by atoms with Crippen LogP contribution in [-0.2, 0) is 4.74 Å². The van der Waals surface area contributed by atoms with Gasteiger partial charge in [-0.25, -0.2) is 4.98 Å². The average Bonchev–Trinajstić information content (AvgIpc) is 3.26. The zero-order valence-corrected chi connectivity index (χ0v) is 20.9. The summed E-state index contributed by atoms with van der Waals surface area (Å²) in [6.45, 7) is 16.7. The number of nitrogens with zero attached hydrogens (tertiary/aromatic N) is 2. The van der Waals surface area contributed by atoms with E-state index >= 15 is 0 Å². The van der Waals surface area contributed by atoms with Gasteiger partial charge in [0.05, 0.1) is 29.0 Å². The summed E-state index contributed by atoms with van der Waals surface area (Å²) in [5.74, 6) is 1.55. The van der Waals surface area contributed by atoms with Crippen molar-refractivity contribution in [3.63, 3.8) is 0 Å². The summed E-state index contributed by atoms with van der Waals surface area (Å²) in [7, 11) is 0. The minimum atomic E-state index is 0.203. The lowest BCUT2D eigenvalue weighted by Gasteiger charge is -2.38. The molecule has 0 spiro atoms. The van der Waals surface area contributed by atoms with Crippen LogP contribution in [0.5, 0.6) is 0 Å². The van der Waals surface area contributed by atoms with Crippen molar-refractivity contribution in [2.45, 2.75) is 64.8 Å². The van der Waals surface area contributed by atoms with E-state index in [9.17, 15) is 5.11 Å². The minimum Gasteiger partial charge on any atom is -0.513 e. The standard InChI is InChI=1S/C27H41N5O2/c1-6-7-21(14-19(4)33)22-8-9-26(32(17-18(2)3)23-10-12-34-13-11-23)24(15-22)30-27-29-16-25(31-27)20(5)28/h8-9,15-16,18,21,23,33H,4-7,10-14,17,28H2,1-3H3,(H2,29,30,31)/t21-/m1/s1. The van der Waals surface area contributed by atoms with Crippen molar-refractivity contribution < 1.29 is 9.84 Å². The second-order valence-electron chi connectivity index (χ2n) is 9.72. The fourth-order valence-corrected chi connectivity index (χ4v) is 4.69. The van der Waals surface area contributed by atoms with E-state index in [1.54, 1.807) is 6.20 Å². The topological polar surface area (TPSA) is 99.4 Å². The SMILES string of the molecule is C=C(O)C[C@@H](CCC)c1ccc(N(CC(C)C)C2CCOCC2)c(Nc2ncc(C(=C)N)[nH]2)c1. The lowest BCUT2D eigenvalue weighted by molar-refractivity contribution is 0.0839. The molecule has 7 nitrogen and oxygen atoms in total. The second-order valence-corrected chi connectivity index (χ2v) is 9.72. The van der Waals surface area contributed by atoms with E-state index in [1.807, 2.05) is 0 Å². The van der Waals surface area contributed by atoms with Crippen molar-refractivity contribution in [2.24, 2.45) is 11.7 Å². The van der Waals surface area contributed by atoms with Crippen LogP contribution in [0.3, 0.4) is 0 Å². The van der Waals surface area contributed by atoms with Gasteiger partial charge < -0.3 is 30.8 Å². The summed E-state index contributed by atoms with van der Waals surface area (Å²) in [5.41, 5.74) is 10.3. The fraction of sp³-hybridized carbons (Fsp3) is 0.519. The van der Waals surface area contributed by atoms with Gasteiger partial charge in [-0.15, -0.1) is 0 Å². The second kappa shape index (κ2) is 12.0. The van der Waals surface area contributed by atoms with E-state index in [1.165, 1.54) is 5.56 Å². The fourth-order valence-electron chi connectivity index (χ4n) is 4.69. The van der Waals surface area contributed by atoms with Crippen molar-refractivity contribution in [3.8, 4) is 0 Å². The Morgan fingerprint density at radius 1 is 1.32 bits per heavy atom. The highest BCUT2D eigenvalue weighted by molar-refractivity contribution is 5.75. The molecule has 1 saturated heterocycles. The Morgan fingerprint density at radius 3 is 2.65 bits per heavy atom. The molecule has 0 bridgehead atoms. The highest BCUT2D eigenvalue weighted by Gasteiger charge is 2.26. The van der Waals surface area contributed by atoms with Crippen LogP contribution < -0.4 is 16.0 Å². The molecule has 186 valence electrons. The molecule has 3 rings (SSSR count). The van der Waals surface area contributed by atoms with Gasteiger partial charge in [-0.3, -0.25) is 0 Å². The maximum Gasteiger partial charge on any atom is 0.205 e. The molecule has 2 aromatic rings. The number of allylic oxidation sites excluding steroid dienone is 1. The van der Waals surface area contributed by atoms with Crippen molar-refractivity contribution >= 4 is 23.0 Å².